The number of phenols is 2. The molecule has 1 aliphatic rings. The Labute approximate surface area is 182 Å². The van der Waals surface area contributed by atoms with E-state index in [1.807, 2.05) is 18.2 Å². The van der Waals surface area contributed by atoms with Gasteiger partial charge in [-0.15, -0.1) is 11.8 Å². The van der Waals surface area contributed by atoms with Gasteiger partial charge in [-0.3, -0.25) is 0 Å². The van der Waals surface area contributed by atoms with Crippen LogP contribution >= 0.6 is 11.8 Å². The summed E-state index contributed by atoms with van der Waals surface area (Å²) in [6, 6.07) is 13.2. The van der Waals surface area contributed by atoms with E-state index >= 15 is 0 Å². The second-order valence-electron chi connectivity index (χ2n) is 8.32. The van der Waals surface area contributed by atoms with Crippen LogP contribution in [0.3, 0.4) is 0 Å². The van der Waals surface area contributed by atoms with Crippen LogP contribution in [0, 0.1) is 5.92 Å². The highest BCUT2D eigenvalue weighted by molar-refractivity contribution is 7.99. The Morgan fingerprint density at radius 3 is 2.53 bits per heavy atom. The lowest BCUT2D eigenvalue weighted by molar-refractivity contribution is -0.131. The van der Waals surface area contributed by atoms with E-state index < -0.39 is 5.97 Å². The second-order valence-corrected chi connectivity index (χ2v) is 9.34. The molecule has 3 rings (SSSR count). The van der Waals surface area contributed by atoms with E-state index in [1.54, 1.807) is 36.0 Å². The first kappa shape index (κ1) is 22.3. The summed E-state index contributed by atoms with van der Waals surface area (Å²) in [7, 11) is 0. The zero-order valence-electron chi connectivity index (χ0n) is 17.5. The molecule has 160 valence electrons. The smallest absolute Gasteiger partial charge is 0.327 e. The van der Waals surface area contributed by atoms with Crippen LogP contribution in [-0.4, -0.2) is 27.0 Å². The number of carbonyl (C=O) groups is 1. The van der Waals surface area contributed by atoms with Gasteiger partial charge in [-0.05, 0) is 60.1 Å². The maximum Gasteiger partial charge on any atom is 0.327 e. The van der Waals surface area contributed by atoms with Crippen molar-refractivity contribution in [2.45, 2.75) is 55.8 Å². The van der Waals surface area contributed by atoms with Gasteiger partial charge < -0.3 is 15.3 Å². The fraction of sp³-hybridized carbons (Fsp3) is 0.400. The van der Waals surface area contributed by atoms with Crippen LogP contribution < -0.4 is 0 Å². The van der Waals surface area contributed by atoms with E-state index in [2.05, 4.69) is 19.9 Å². The molecule has 0 aliphatic carbocycles. The molecule has 0 radical (unpaired) electrons. The van der Waals surface area contributed by atoms with E-state index in [1.165, 1.54) is 17.2 Å². The van der Waals surface area contributed by atoms with Crippen LogP contribution in [-0.2, 0) is 10.2 Å². The van der Waals surface area contributed by atoms with E-state index in [4.69, 9.17) is 5.11 Å². The highest BCUT2D eigenvalue weighted by atomic mass is 32.2. The fourth-order valence-corrected chi connectivity index (χ4v) is 6.16. The minimum absolute atomic E-state index is 0.140. The molecule has 1 aliphatic heterocycles. The quantitative estimate of drug-likeness (QED) is 0.446. The minimum Gasteiger partial charge on any atom is -0.508 e. The van der Waals surface area contributed by atoms with Gasteiger partial charge in [0.15, 0.2) is 0 Å². The van der Waals surface area contributed by atoms with Crippen LogP contribution in [0.2, 0.25) is 0 Å². The normalized spacial score (nSPS) is 22.0. The monoisotopic (exact) mass is 426 g/mol. The van der Waals surface area contributed by atoms with Crippen molar-refractivity contribution in [1.82, 2.24) is 0 Å². The number of fused-ring (bicyclic) bond motifs is 1. The van der Waals surface area contributed by atoms with Crippen LogP contribution in [0.5, 0.6) is 11.5 Å². The third-order valence-corrected chi connectivity index (χ3v) is 7.58. The zero-order valence-corrected chi connectivity index (χ0v) is 18.4. The molecule has 3 atom stereocenters. The summed E-state index contributed by atoms with van der Waals surface area (Å²) >= 11 is 1.77. The molecular formula is C25H30O4S. The van der Waals surface area contributed by atoms with Crippen LogP contribution in [0.25, 0.3) is 0 Å². The number of rotatable bonds is 8. The number of aliphatic carboxylic acids is 1. The lowest BCUT2D eigenvalue weighted by Gasteiger charge is -2.47. The van der Waals surface area contributed by atoms with Gasteiger partial charge in [-0.2, -0.15) is 0 Å². The lowest BCUT2D eigenvalue weighted by atomic mass is 9.62. The van der Waals surface area contributed by atoms with Gasteiger partial charge in [0.05, 0.1) is 0 Å². The van der Waals surface area contributed by atoms with Crippen molar-refractivity contribution in [3.8, 4) is 11.5 Å². The van der Waals surface area contributed by atoms with Gasteiger partial charge >= 0.3 is 5.97 Å². The van der Waals surface area contributed by atoms with Crippen molar-refractivity contribution < 1.29 is 20.1 Å². The maximum atomic E-state index is 10.8. The van der Waals surface area contributed by atoms with Crippen molar-refractivity contribution >= 4 is 17.7 Å². The molecule has 0 fully saturated rings. The largest absolute Gasteiger partial charge is 0.508 e. The Morgan fingerprint density at radius 1 is 1.17 bits per heavy atom. The first-order chi connectivity index (χ1) is 14.3. The molecule has 3 unspecified atom stereocenters. The molecule has 0 spiro atoms. The first-order valence-electron chi connectivity index (χ1n) is 10.5. The molecule has 0 aromatic heterocycles. The van der Waals surface area contributed by atoms with Crippen molar-refractivity contribution in [1.29, 1.82) is 0 Å². The standard InChI is InChI=1S/C25H30O4S/c1-3-6-17(7-4-5-8-23(28)29)24-21-14-13-20(27)15-22(21)30-16-25(24,2)18-9-11-19(26)12-10-18/h5,8-15,17,24,26-27H,3-4,6-7,16H2,1-2H3,(H,28,29). The summed E-state index contributed by atoms with van der Waals surface area (Å²) in [5.41, 5.74) is 2.30. The van der Waals surface area contributed by atoms with Gasteiger partial charge in [-0.1, -0.05) is 51.0 Å². The molecule has 0 saturated heterocycles. The van der Waals surface area contributed by atoms with Crippen LogP contribution in [0.4, 0.5) is 0 Å². The Kier molecular flexibility index (Phi) is 7.14. The van der Waals surface area contributed by atoms with Gasteiger partial charge in [0.1, 0.15) is 11.5 Å². The van der Waals surface area contributed by atoms with Crippen molar-refractivity contribution in [2.75, 3.05) is 5.75 Å². The molecule has 0 amide bonds. The SMILES string of the molecule is CCCC(CCC=CC(=O)O)C1c2ccc(O)cc2SCC1(C)c1ccc(O)cc1. The van der Waals surface area contributed by atoms with E-state index in [0.29, 0.717) is 5.92 Å². The number of phenolic OH excluding ortho intramolecular Hbond substituents is 2. The summed E-state index contributed by atoms with van der Waals surface area (Å²) < 4.78 is 0. The van der Waals surface area contributed by atoms with Gasteiger partial charge in [0, 0.05) is 22.1 Å². The average molecular weight is 427 g/mol. The van der Waals surface area contributed by atoms with Crippen LogP contribution in [0.1, 0.15) is 56.6 Å². The highest BCUT2D eigenvalue weighted by Crippen LogP contribution is 2.55. The predicted octanol–water partition coefficient (Wildman–Crippen LogP) is 6.08. The number of carboxylic acids is 1. The molecule has 30 heavy (non-hydrogen) atoms. The van der Waals surface area contributed by atoms with Crippen molar-refractivity contribution in [3.05, 3.63) is 65.7 Å². The maximum absolute atomic E-state index is 10.8. The number of hydrogen-bond acceptors (Lipinski definition) is 4. The Balaban J connectivity index is 2.04. The Hall–Kier alpha value is -2.40. The molecule has 2 aromatic carbocycles. The third kappa shape index (κ3) is 4.84. The molecule has 0 bridgehead atoms. The Morgan fingerprint density at radius 2 is 1.87 bits per heavy atom. The topological polar surface area (TPSA) is 77.8 Å². The predicted molar refractivity (Wildman–Crippen MR) is 121 cm³/mol. The van der Waals surface area contributed by atoms with Gasteiger partial charge in [0.25, 0.3) is 0 Å². The summed E-state index contributed by atoms with van der Waals surface area (Å²) in [5, 5.41) is 28.7. The zero-order chi connectivity index (χ0) is 21.7. The number of aromatic hydroxyl groups is 2. The number of hydrogen-bond donors (Lipinski definition) is 3. The molecule has 5 heteroatoms. The second kappa shape index (κ2) is 9.61. The molecule has 2 aromatic rings. The molecule has 4 nitrogen and oxygen atoms in total. The fourth-order valence-electron chi connectivity index (χ4n) is 4.79. The molecule has 1 heterocycles. The van der Waals surface area contributed by atoms with Crippen molar-refractivity contribution in [2.24, 2.45) is 5.92 Å². The summed E-state index contributed by atoms with van der Waals surface area (Å²) in [6.07, 6.45) is 6.70. The van der Waals surface area contributed by atoms with Crippen LogP contribution in [0.15, 0.2) is 59.5 Å². The highest BCUT2D eigenvalue weighted by Gasteiger charge is 2.44. The molecular weight excluding hydrogens is 396 g/mol. The molecule has 3 N–H and O–H groups in total. The van der Waals surface area contributed by atoms with Crippen molar-refractivity contribution in [3.63, 3.8) is 0 Å². The number of carboxylic acid groups (broad SMARTS) is 1. The first-order valence-corrected chi connectivity index (χ1v) is 11.5. The van der Waals surface area contributed by atoms with E-state index in [-0.39, 0.29) is 22.8 Å². The molecule has 0 saturated carbocycles. The average Bonchev–Trinajstić information content (AvgIpc) is 2.71. The number of thioether (sulfide) groups is 1. The third-order valence-electron chi connectivity index (χ3n) is 6.17. The number of allylic oxidation sites excluding steroid dienone is 1. The lowest BCUT2D eigenvalue weighted by Crippen LogP contribution is -2.40. The van der Waals surface area contributed by atoms with E-state index in [9.17, 15) is 15.0 Å². The van der Waals surface area contributed by atoms with Gasteiger partial charge in [0.2, 0.25) is 0 Å². The minimum atomic E-state index is -0.911. The summed E-state index contributed by atoms with van der Waals surface area (Å²) in [5.74, 6) is 1.12. The summed E-state index contributed by atoms with van der Waals surface area (Å²) in [6.45, 7) is 4.48. The summed E-state index contributed by atoms with van der Waals surface area (Å²) in [4.78, 5) is 12.0. The Bertz CT molecular complexity index is 906. The van der Waals surface area contributed by atoms with E-state index in [0.717, 1.165) is 36.3 Å². The number of benzene rings is 2. The van der Waals surface area contributed by atoms with Gasteiger partial charge in [-0.25, -0.2) is 4.79 Å².